The minimum atomic E-state index is -3.55. The van der Waals surface area contributed by atoms with Crippen LogP contribution in [0.2, 0.25) is 0 Å². The lowest BCUT2D eigenvalue weighted by molar-refractivity contribution is -0.119. The molecule has 8 nitrogen and oxygen atoms in total. The van der Waals surface area contributed by atoms with Gasteiger partial charge in [0.25, 0.3) is 0 Å². The predicted octanol–water partition coefficient (Wildman–Crippen LogP) is 0.895. The smallest absolute Gasteiger partial charge is 0.217 e. The van der Waals surface area contributed by atoms with Crippen molar-refractivity contribution in [2.45, 2.75) is 37.9 Å². The molecule has 0 spiro atoms. The average Bonchev–Trinajstić information content (AvgIpc) is 2.98. The van der Waals surface area contributed by atoms with Crippen LogP contribution in [0.15, 0.2) is 35.2 Å². The molecule has 24 heavy (non-hydrogen) atoms. The molecule has 1 aromatic heterocycles. The number of hydrogen-bond acceptors (Lipinski definition) is 5. The number of nitrogens with zero attached hydrogens (tertiary/aromatic N) is 4. The van der Waals surface area contributed by atoms with E-state index in [4.69, 9.17) is 0 Å². The van der Waals surface area contributed by atoms with Crippen molar-refractivity contribution in [3.05, 3.63) is 42.0 Å². The summed E-state index contributed by atoms with van der Waals surface area (Å²) in [4.78, 5) is 11.5. The number of amides is 1. The molecule has 2 atom stereocenters. The molecule has 9 heteroatoms. The third kappa shape index (κ3) is 3.10. The van der Waals surface area contributed by atoms with Gasteiger partial charge in [0.15, 0.2) is 26.9 Å². The van der Waals surface area contributed by atoms with E-state index in [1.54, 1.807) is 30.3 Å². The maximum absolute atomic E-state index is 12.7. The van der Waals surface area contributed by atoms with Crippen LogP contribution in [-0.2, 0) is 32.5 Å². The number of carbonyl (C=O) groups excluding carboxylic acids is 1. The number of sulfonamides is 1. The van der Waals surface area contributed by atoms with Crippen molar-refractivity contribution in [1.29, 1.82) is 0 Å². The SMILES string of the molecule is CC(=O)NC(C)c1nnc2n1CCN([S+](=O)([O-])c1ccccc1)C2. The highest BCUT2D eigenvalue weighted by Crippen LogP contribution is 2.26. The van der Waals surface area contributed by atoms with E-state index in [1.807, 2.05) is 11.5 Å². The number of nitrogens with one attached hydrogen (secondary N) is 1. The molecule has 1 aliphatic heterocycles. The van der Waals surface area contributed by atoms with Gasteiger partial charge in [0.05, 0.1) is 12.6 Å². The summed E-state index contributed by atoms with van der Waals surface area (Å²) in [5, 5.41) is 11.0. The first-order valence-electron chi connectivity index (χ1n) is 7.64. The summed E-state index contributed by atoms with van der Waals surface area (Å²) in [7, 11) is -3.55. The van der Waals surface area contributed by atoms with Crippen molar-refractivity contribution in [1.82, 2.24) is 24.4 Å². The zero-order valence-corrected chi connectivity index (χ0v) is 14.3. The molecule has 1 amide bonds. The molecule has 1 aromatic carbocycles. The van der Waals surface area contributed by atoms with Crippen LogP contribution in [0.5, 0.6) is 0 Å². The van der Waals surface area contributed by atoms with Crippen LogP contribution in [0.25, 0.3) is 0 Å². The summed E-state index contributed by atoms with van der Waals surface area (Å²) < 4.78 is 28.7. The number of benzene rings is 1. The van der Waals surface area contributed by atoms with Gasteiger partial charge in [-0.15, -0.1) is 14.5 Å². The molecule has 1 N–H and O–H groups in total. The fourth-order valence-electron chi connectivity index (χ4n) is 2.79. The van der Waals surface area contributed by atoms with E-state index in [0.717, 1.165) is 0 Å². The number of aromatic nitrogens is 3. The Balaban J connectivity index is 1.82. The van der Waals surface area contributed by atoms with Gasteiger partial charge in [-0.3, -0.25) is 4.79 Å². The van der Waals surface area contributed by atoms with E-state index in [2.05, 4.69) is 15.5 Å². The van der Waals surface area contributed by atoms with E-state index in [0.29, 0.717) is 24.7 Å². The molecule has 0 fully saturated rings. The van der Waals surface area contributed by atoms with Crippen molar-refractivity contribution < 1.29 is 13.6 Å². The molecular weight excluding hydrogens is 330 g/mol. The first kappa shape index (κ1) is 16.7. The summed E-state index contributed by atoms with van der Waals surface area (Å²) in [5.74, 6) is 1.06. The largest absolute Gasteiger partial charge is 0.593 e. The Morgan fingerprint density at radius 1 is 1.29 bits per heavy atom. The van der Waals surface area contributed by atoms with E-state index >= 15 is 0 Å². The standard InChI is InChI=1S/C15H19N5O3S/c1-11(16-12(2)21)15-18-17-14-10-19(8-9-20(14)15)24(22,23)13-6-4-3-5-7-13/h3-7,11H,8-10H2,1-2H3,(H-,16,21,22,23). The van der Waals surface area contributed by atoms with Gasteiger partial charge < -0.3 is 14.4 Å². The number of rotatable bonds is 4. The van der Waals surface area contributed by atoms with Crippen LogP contribution >= 0.6 is 0 Å². The van der Waals surface area contributed by atoms with Gasteiger partial charge in [0, 0.05) is 13.5 Å². The van der Waals surface area contributed by atoms with E-state index in [1.165, 1.54) is 11.2 Å². The number of hydrogen-bond donors (Lipinski definition) is 1. The van der Waals surface area contributed by atoms with Crippen molar-refractivity contribution in [2.24, 2.45) is 0 Å². The monoisotopic (exact) mass is 349 g/mol. The average molecular weight is 349 g/mol. The van der Waals surface area contributed by atoms with Crippen LogP contribution in [0.4, 0.5) is 0 Å². The van der Waals surface area contributed by atoms with Crippen molar-refractivity contribution in [3.8, 4) is 0 Å². The van der Waals surface area contributed by atoms with Gasteiger partial charge in [-0.2, -0.15) is 0 Å². The Morgan fingerprint density at radius 3 is 2.67 bits per heavy atom. The normalized spacial score (nSPS) is 18.5. The molecule has 0 aliphatic carbocycles. The molecule has 3 rings (SSSR count). The summed E-state index contributed by atoms with van der Waals surface area (Å²) in [6.45, 7) is 4.22. The number of carbonyl (C=O) groups is 1. The highest BCUT2D eigenvalue weighted by molar-refractivity contribution is 7.95. The topological polar surface area (TPSA) is 103 Å². The zero-order chi connectivity index (χ0) is 17.3. The zero-order valence-electron chi connectivity index (χ0n) is 13.5. The molecule has 0 bridgehead atoms. The number of fused-ring (bicyclic) bond motifs is 1. The maximum atomic E-state index is 12.7. The van der Waals surface area contributed by atoms with Crippen LogP contribution in [-0.4, -0.2) is 36.1 Å². The Hall–Kier alpha value is -2.10. The minimum absolute atomic E-state index is 0.149. The van der Waals surface area contributed by atoms with Crippen molar-refractivity contribution in [3.63, 3.8) is 0 Å². The first-order chi connectivity index (χ1) is 11.4. The molecule has 0 radical (unpaired) electrons. The van der Waals surface area contributed by atoms with Gasteiger partial charge in [0.2, 0.25) is 5.91 Å². The third-order valence-electron chi connectivity index (χ3n) is 3.93. The van der Waals surface area contributed by atoms with Gasteiger partial charge >= 0.3 is 0 Å². The second-order valence-electron chi connectivity index (χ2n) is 5.70. The summed E-state index contributed by atoms with van der Waals surface area (Å²) in [6, 6.07) is 8.07. The lowest BCUT2D eigenvalue weighted by atomic mass is 10.3. The van der Waals surface area contributed by atoms with Gasteiger partial charge in [0.1, 0.15) is 6.54 Å². The molecule has 128 valence electrons. The Bertz CT molecular complexity index is 792. The molecule has 2 aromatic rings. The van der Waals surface area contributed by atoms with Crippen LogP contribution in [0.3, 0.4) is 0 Å². The Morgan fingerprint density at radius 2 is 2.00 bits per heavy atom. The fourth-order valence-corrected chi connectivity index (χ4v) is 4.20. The van der Waals surface area contributed by atoms with Crippen LogP contribution in [0.1, 0.15) is 31.5 Å². The predicted molar refractivity (Wildman–Crippen MR) is 86.2 cm³/mol. The summed E-state index contributed by atoms with van der Waals surface area (Å²) in [5.41, 5.74) is 0. The Kier molecular flexibility index (Phi) is 4.48. The highest BCUT2D eigenvalue weighted by Gasteiger charge is 2.35. The van der Waals surface area contributed by atoms with E-state index < -0.39 is 10.4 Å². The fraction of sp³-hybridized carbons (Fsp3) is 0.400. The van der Waals surface area contributed by atoms with E-state index in [9.17, 15) is 13.6 Å². The van der Waals surface area contributed by atoms with Gasteiger partial charge in [-0.25, -0.2) is 0 Å². The lowest BCUT2D eigenvalue weighted by Crippen LogP contribution is -2.42. The van der Waals surface area contributed by atoms with Crippen molar-refractivity contribution in [2.75, 3.05) is 6.54 Å². The molecule has 1 aliphatic rings. The highest BCUT2D eigenvalue weighted by atomic mass is 32.3. The Labute approximate surface area is 141 Å². The quantitative estimate of drug-likeness (QED) is 0.826. The molecule has 2 heterocycles. The van der Waals surface area contributed by atoms with Gasteiger partial charge in [-0.05, 0) is 19.1 Å². The third-order valence-corrected chi connectivity index (χ3v) is 5.79. The second-order valence-corrected chi connectivity index (χ2v) is 7.64. The maximum Gasteiger partial charge on any atom is 0.217 e. The minimum Gasteiger partial charge on any atom is -0.593 e. The second kappa shape index (κ2) is 6.42. The summed E-state index contributed by atoms with van der Waals surface area (Å²) in [6.07, 6.45) is 0. The van der Waals surface area contributed by atoms with Crippen LogP contribution < -0.4 is 5.32 Å². The molecule has 2 unspecified atom stereocenters. The molecule has 0 saturated carbocycles. The first-order valence-corrected chi connectivity index (χ1v) is 9.08. The van der Waals surface area contributed by atoms with Crippen LogP contribution in [0, 0.1) is 0 Å². The van der Waals surface area contributed by atoms with Crippen molar-refractivity contribution >= 4 is 16.3 Å². The van der Waals surface area contributed by atoms with E-state index in [-0.39, 0.29) is 23.4 Å². The lowest BCUT2D eigenvalue weighted by Gasteiger charge is -2.30. The molecule has 0 saturated heterocycles. The van der Waals surface area contributed by atoms with Gasteiger partial charge in [-0.1, -0.05) is 22.4 Å². The summed E-state index contributed by atoms with van der Waals surface area (Å²) >= 11 is 0. The molecular formula is C15H19N5O3S.